The molecule has 7 heteroatoms. The molecule has 9 aromatic carbocycles. The highest BCUT2D eigenvalue weighted by Crippen LogP contribution is 2.41. The molecule has 4 aromatic heterocycles. The monoisotopic (exact) mass is 815 g/mol. The van der Waals surface area contributed by atoms with Gasteiger partial charge in [0.1, 0.15) is 11.2 Å². The molecule has 14 rings (SSSR count). The van der Waals surface area contributed by atoms with Crippen LogP contribution in [0.15, 0.2) is 211 Å². The van der Waals surface area contributed by atoms with Crippen molar-refractivity contribution in [2.24, 2.45) is 0 Å². The standard InChI is InChI=1S/C57H34BN5O/c1-3-15-35(16-4-1)55-59-56(36-17-5-2-6-18-36)61-57(60-55)63-50-26-14-10-22-42(50)44-33-43-41-21-9-13-25-49(41)62(51(43)34-52(44)63)38-28-30-54-46(32-38)45-31-37(27-29-53(45)64-54)58-47-23-11-7-19-39(47)40-20-8-12-24-48(40)58/h1-34H. The lowest BCUT2D eigenvalue weighted by atomic mass is 9.39. The highest BCUT2D eigenvalue weighted by molar-refractivity contribution is 6.99. The fourth-order valence-electron chi connectivity index (χ4n) is 10.4. The zero-order valence-corrected chi connectivity index (χ0v) is 34.4. The molecule has 0 N–H and O–H groups in total. The number of benzene rings is 9. The van der Waals surface area contributed by atoms with Crippen LogP contribution in [0.5, 0.6) is 0 Å². The van der Waals surface area contributed by atoms with E-state index in [4.69, 9.17) is 19.4 Å². The van der Waals surface area contributed by atoms with Crippen molar-refractivity contribution < 1.29 is 4.42 Å². The zero-order valence-electron chi connectivity index (χ0n) is 34.4. The first-order valence-corrected chi connectivity index (χ1v) is 21.7. The van der Waals surface area contributed by atoms with Crippen molar-refractivity contribution in [3.63, 3.8) is 0 Å². The number of aromatic nitrogens is 5. The lowest BCUT2D eigenvalue weighted by molar-refractivity contribution is 0.669. The first-order chi connectivity index (χ1) is 31.7. The molecular formula is C57H34BN5O. The van der Waals surface area contributed by atoms with E-state index in [-0.39, 0.29) is 6.71 Å². The van der Waals surface area contributed by atoms with Gasteiger partial charge in [0.15, 0.2) is 11.6 Å². The Balaban J connectivity index is 1.00. The predicted octanol–water partition coefficient (Wildman–Crippen LogP) is 11.8. The van der Waals surface area contributed by atoms with E-state index in [1.54, 1.807) is 0 Å². The zero-order chi connectivity index (χ0) is 41.9. The molecule has 296 valence electrons. The molecule has 0 atom stereocenters. The minimum absolute atomic E-state index is 0.147. The normalized spacial score (nSPS) is 12.3. The van der Waals surface area contributed by atoms with E-state index < -0.39 is 0 Å². The molecule has 0 saturated heterocycles. The Hall–Kier alpha value is -8.55. The molecule has 0 radical (unpaired) electrons. The van der Waals surface area contributed by atoms with Gasteiger partial charge in [-0.15, -0.1) is 0 Å². The Morgan fingerprint density at radius 3 is 1.52 bits per heavy atom. The van der Waals surface area contributed by atoms with Gasteiger partial charge in [0, 0.05) is 49.1 Å². The molecule has 64 heavy (non-hydrogen) atoms. The van der Waals surface area contributed by atoms with Crippen LogP contribution in [0.3, 0.4) is 0 Å². The average Bonchev–Trinajstić information content (AvgIpc) is 4.09. The molecular weight excluding hydrogens is 781 g/mol. The number of hydrogen-bond donors (Lipinski definition) is 0. The van der Waals surface area contributed by atoms with Crippen LogP contribution in [-0.4, -0.2) is 30.8 Å². The molecule has 0 amide bonds. The highest BCUT2D eigenvalue weighted by Gasteiger charge is 2.33. The van der Waals surface area contributed by atoms with Gasteiger partial charge < -0.3 is 8.98 Å². The van der Waals surface area contributed by atoms with Crippen LogP contribution in [0.25, 0.3) is 111 Å². The van der Waals surface area contributed by atoms with Crippen LogP contribution in [0.1, 0.15) is 0 Å². The smallest absolute Gasteiger partial charge is 0.242 e. The maximum absolute atomic E-state index is 6.56. The molecule has 0 fully saturated rings. The Bertz CT molecular complexity index is 3930. The second kappa shape index (κ2) is 13.5. The summed E-state index contributed by atoms with van der Waals surface area (Å²) in [7, 11) is 0. The fourth-order valence-corrected chi connectivity index (χ4v) is 10.4. The predicted molar refractivity (Wildman–Crippen MR) is 263 cm³/mol. The molecule has 5 heterocycles. The van der Waals surface area contributed by atoms with Crippen molar-refractivity contribution in [2.75, 3.05) is 0 Å². The van der Waals surface area contributed by atoms with Crippen LogP contribution in [-0.2, 0) is 0 Å². The average molecular weight is 816 g/mol. The molecule has 0 bridgehead atoms. The number of para-hydroxylation sites is 2. The van der Waals surface area contributed by atoms with E-state index in [9.17, 15) is 0 Å². The molecule has 0 saturated carbocycles. The number of nitrogens with zero attached hydrogens (tertiary/aromatic N) is 5. The minimum atomic E-state index is 0.147. The van der Waals surface area contributed by atoms with E-state index >= 15 is 0 Å². The second-order valence-corrected chi connectivity index (χ2v) is 16.8. The quantitative estimate of drug-likeness (QED) is 0.162. The first kappa shape index (κ1) is 35.1. The summed E-state index contributed by atoms with van der Waals surface area (Å²) < 4.78 is 11.2. The van der Waals surface area contributed by atoms with E-state index in [1.165, 1.54) is 38.3 Å². The van der Waals surface area contributed by atoms with Crippen LogP contribution >= 0.6 is 0 Å². The summed E-state index contributed by atoms with van der Waals surface area (Å²) in [6.45, 7) is 0.147. The van der Waals surface area contributed by atoms with Crippen molar-refractivity contribution >= 4 is 88.7 Å². The largest absolute Gasteiger partial charge is 0.456 e. The van der Waals surface area contributed by atoms with Crippen LogP contribution in [0.4, 0.5) is 0 Å². The van der Waals surface area contributed by atoms with Gasteiger partial charge in [0.05, 0.1) is 22.1 Å². The van der Waals surface area contributed by atoms with Gasteiger partial charge in [0.25, 0.3) is 0 Å². The lowest BCUT2D eigenvalue weighted by Gasteiger charge is -2.12. The van der Waals surface area contributed by atoms with Crippen LogP contribution in [0, 0.1) is 0 Å². The van der Waals surface area contributed by atoms with Gasteiger partial charge in [-0.25, -0.2) is 4.98 Å². The Kier molecular flexibility index (Phi) is 7.39. The van der Waals surface area contributed by atoms with Crippen molar-refractivity contribution in [1.82, 2.24) is 24.1 Å². The number of hydrogen-bond acceptors (Lipinski definition) is 4. The van der Waals surface area contributed by atoms with Gasteiger partial charge in [-0.05, 0) is 59.7 Å². The molecule has 0 aliphatic carbocycles. The third kappa shape index (κ3) is 5.12. The third-order valence-electron chi connectivity index (χ3n) is 13.3. The van der Waals surface area contributed by atoms with Crippen LogP contribution in [0.2, 0.25) is 0 Å². The Morgan fingerprint density at radius 1 is 0.359 bits per heavy atom. The topological polar surface area (TPSA) is 61.7 Å². The van der Waals surface area contributed by atoms with Crippen LogP contribution < -0.4 is 16.4 Å². The molecule has 0 unspecified atom stereocenters. The van der Waals surface area contributed by atoms with Crippen molar-refractivity contribution in [2.45, 2.75) is 0 Å². The molecule has 1 aliphatic rings. The van der Waals surface area contributed by atoms with Gasteiger partial charge in [-0.3, -0.25) is 4.57 Å². The highest BCUT2D eigenvalue weighted by atomic mass is 16.3. The Morgan fingerprint density at radius 2 is 0.875 bits per heavy atom. The number of furan rings is 1. The Labute approximate surface area is 367 Å². The summed E-state index contributed by atoms with van der Waals surface area (Å²) in [6, 6.07) is 73.3. The molecule has 1 aliphatic heterocycles. The first-order valence-electron chi connectivity index (χ1n) is 21.7. The maximum Gasteiger partial charge on any atom is 0.242 e. The minimum Gasteiger partial charge on any atom is -0.456 e. The molecule has 13 aromatic rings. The van der Waals surface area contributed by atoms with E-state index in [0.29, 0.717) is 17.6 Å². The van der Waals surface area contributed by atoms with E-state index in [0.717, 1.165) is 71.6 Å². The molecule has 0 spiro atoms. The SMILES string of the molecule is c1ccc(-c2nc(-c3ccccc3)nc(-n3c4ccccc4c4cc5c6ccccc6n(-c6ccc7oc8ccc(B9c%10ccccc%10-c%10ccccc%109)cc8c7c6)c5cc43)n2)cc1. The number of fused-ring (bicyclic) bond motifs is 12. The second-order valence-electron chi connectivity index (χ2n) is 16.8. The summed E-state index contributed by atoms with van der Waals surface area (Å²) in [5.41, 5.74) is 15.5. The summed E-state index contributed by atoms with van der Waals surface area (Å²) in [5.74, 6) is 1.81. The third-order valence-corrected chi connectivity index (χ3v) is 13.3. The van der Waals surface area contributed by atoms with Gasteiger partial charge in [-0.1, -0.05) is 174 Å². The van der Waals surface area contributed by atoms with Gasteiger partial charge in [-0.2, -0.15) is 9.97 Å². The lowest BCUT2D eigenvalue weighted by Crippen LogP contribution is -2.48. The van der Waals surface area contributed by atoms with Crippen molar-refractivity contribution in [3.05, 3.63) is 206 Å². The van der Waals surface area contributed by atoms with Crippen molar-refractivity contribution in [1.29, 1.82) is 0 Å². The maximum atomic E-state index is 6.56. The number of rotatable bonds is 5. The van der Waals surface area contributed by atoms with E-state index in [2.05, 4.69) is 179 Å². The van der Waals surface area contributed by atoms with Crippen molar-refractivity contribution in [3.8, 4) is 45.5 Å². The summed E-state index contributed by atoms with van der Waals surface area (Å²) in [5, 5.41) is 6.82. The summed E-state index contributed by atoms with van der Waals surface area (Å²) in [4.78, 5) is 15.5. The van der Waals surface area contributed by atoms with Gasteiger partial charge >= 0.3 is 0 Å². The van der Waals surface area contributed by atoms with E-state index in [1.807, 2.05) is 36.4 Å². The van der Waals surface area contributed by atoms with Gasteiger partial charge in [0.2, 0.25) is 12.7 Å². The summed E-state index contributed by atoms with van der Waals surface area (Å²) >= 11 is 0. The fraction of sp³-hybridized carbons (Fsp3) is 0. The summed E-state index contributed by atoms with van der Waals surface area (Å²) in [6.07, 6.45) is 0. The molecule has 6 nitrogen and oxygen atoms in total.